The summed E-state index contributed by atoms with van der Waals surface area (Å²) in [5.74, 6) is 0.406. The summed E-state index contributed by atoms with van der Waals surface area (Å²) in [4.78, 5) is 41.0. The second kappa shape index (κ2) is 9.67. The molecule has 0 bridgehead atoms. The van der Waals surface area contributed by atoms with Gasteiger partial charge in [-0.3, -0.25) is 14.4 Å². The molecule has 0 aromatic heterocycles. The lowest BCUT2D eigenvalue weighted by atomic mass is 9.90. The van der Waals surface area contributed by atoms with Gasteiger partial charge in [0.1, 0.15) is 5.78 Å². The van der Waals surface area contributed by atoms with Gasteiger partial charge < -0.3 is 9.80 Å². The third kappa shape index (κ3) is 5.65. The Morgan fingerprint density at radius 2 is 1.81 bits per heavy atom. The van der Waals surface area contributed by atoms with Gasteiger partial charge in [-0.1, -0.05) is 36.8 Å². The van der Waals surface area contributed by atoms with E-state index in [1.54, 1.807) is 0 Å². The van der Waals surface area contributed by atoms with Crippen LogP contribution in [0.1, 0.15) is 50.5 Å². The van der Waals surface area contributed by atoms with E-state index >= 15 is 0 Å². The van der Waals surface area contributed by atoms with E-state index in [-0.39, 0.29) is 23.5 Å². The fraction of sp³-hybridized carbons (Fsp3) is 0.591. The number of hydrogen-bond acceptors (Lipinski definition) is 3. The maximum Gasteiger partial charge on any atom is 0.224 e. The molecule has 27 heavy (non-hydrogen) atoms. The largest absolute Gasteiger partial charge is 0.342 e. The molecule has 0 spiro atoms. The molecule has 5 nitrogen and oxygen atoms in total. The van der Waals surface area contributed by atoms with Crippen LogP contribution in [-0.2, 0) is 20.8 Å². The second-order valence-electron chi connectivity index (χ2n) is 7.75. The number of ketones is 1. The average molecular weight is 370 g/mol. The molecular weight excluding hydrogens is 340 g/mol. The van der Waals surface area contributed by atoms with Crippen molar-refractivity contribution in [2.24, 2.45) is 5.92 Å². The maximum atomic E-state index is 12.6. The smallest absolute Gasteiger partial charge is 0.224 e. The zero-order valence-corrected chi connectivity index (χ0v) is 16.1. The molecule has 2 saturated heterocycles. The number of piperidine rings is 1. The van der Waals surface area contributed by atoms with Crippen molar-refractivity contribution in [3.63, 3.8) is 0 Å². The summed E-state index contributed by atoms with van der Waals surface area (Å²) in [6.45, 7) is 2.53. The Labute approximate surface area is 161 Å². The van der Waals surface area contributed by atoms with Gasteiger partial charge in [0.2, 0.25) is 11.8 Å². The van der Waals surface area contributed by atoms with Gasteiger partial charge in [0.05, 0.1) is 0 Å². The van der Waals surface area contributed by atoms with Gasteiger partial charge in [0.25, 0.3) is 0 Å². The Morgan fingerprint density at radius 1 is 1.00 bits per heavy atom. The molecule has 0 unspecified atom stereocenters. The van der Waals surface area contributed by atoms with Crippen LogP contribution in [0.5, 0.6) is 0 Å². The van der Waals surface area contributed by atoms with E-state index in [0.717, 1.165) is 50.8 Å². The molecule has 3 rings (SSSR count). The normalized spacial score (nSPS) is 21.0. The minimum absolute atomic E-state index is 0.0669. The molecule has 2 aliphatic heterocycles. The zero-order valence-electron chi connectivity index (χ0n) is 16.1. The van der Waals surface area contributed by atoms with Crippen LogP contribution in [0.25, 0.3) is 0 Å². The van der Waals surface area contributed by atoms with Crippen LogP contribution in [-0.4, -0.2) is 53.6 Å². The lowest BCUT2D eigenvalue weighted by Gasteiger charge is -2.33. The predicted molar refractivity (Wildman–Crippen MR) is 104 cm³/mol. The zero-order chi connectivity index (χ0) is 19.1. The Balaban J connectivity index is 1.48. The third-order valence-electron chi connectivity index (χ3n) is 5.72. The van der Waals surface area contributed by atoms with Crippen molar-refractivity contribution in [2.45, 2.75) is 51.4 Å². The van der Waals surface area contributed by atoms with Gasteiger partial charge in [0, 0.05) is 51.4 Å². The van der Waals surface area contributed by atoms with Crippen LogP contribution in [0, 0.1) is 5.92 Å². The highest BCUT2D eigenvalue weighted by Crippen LogP contribution is 2.20. The van der Waals surface area contributed by atoms with Gasteiger partial charge in [-0.2, -0.15) is 0 Å². The lowest BCUT2D eigenvalue weighted by molar-refractivity contribution is -0.136. The molecule has 2 heterocycles. The van der Waals surface area contributed by atoms with Crippen molar-refractivity contribution >= 4 is 17.6 Å². The number of benzene rings is 1. The number of carbonyl (C=O) groups is 3. The average Bonchev–Trinajstić information content (AvgIpc) is 2.91. The number of carbonyl (C=O) groups excluding carboxylic acids is 3. The summed E-state index contributed by atoms with van der Waals surface area (Å²) in [6, 6.07) is 9.79. The van der Waals surface area contributed by atoms with Crippen LogP contribution in [0.3, 0.4) is 0 Å². The van der Waals surface area contributed by atoms with E-state index in [1.807, 2.05) is 40.1 Å². The SMILES string of the molecule is O=C(Cc1ccccc1)[C@@H]1CCCN(C(=O)CCN2CCCCCC2=O)C1. The molecular formula is C22H30N2O3. The monoisotopic (exact) mass is 370 g/mol. The number of hydrogen-bond donors (Lipinski definition) is 0. The van der Waals surface area contributed by atoms with Crippen molar-refractivity contribution in [1.82, 2.24) is 9.80 Å². The van der Waals surface area contributed by atoms with E-state index in [2.05, 4.69) is 0 Å². The first-order valence-corrected chi connectivity index (χ1v) is 10.3. The molecule has 0 radical (unpaired) electrons. The Morgan fingerprint density at radius 3 is 2.63 bits per heavy atom. The van der Waals surface area contributed by atoms with Crippen LogP contribution < -0.4 is 0 Å². The highest BCUT2D eigenvalue weighted by Gasteiger charge is 2.28. The molecule has 2 amide bonds. The standard InChI is InChI=1S/C22H30N2O3/c25-20(16-18-8-3-1-4-9-18)19-10-7-14-24(17-19)22(27)12-15-23-13-6-2-5-11-21(23)26/h1,3-4,8-9,19H,2,5-7,10-17H2/t19-/m1/s1. The Kier molecular flexibility index (Phi) is 7.02. The van der Waals surface area contributed by atoms with Crippen molar-refractivity contribution < 1.29 is 14.4 Å². The summed E-state index contributed by atoms with van der Waals surface area (Å²) in [6.07, 6.45) is 6.22. The summed E-state index contributed by atoms with van der Waals surface area (Å²) >= 11 is 0. The van der Waals surface area contributed by atoms with E-state index in [9.17, 15) is 14.4 Å². The third-order valence-corrected chi connectivity index (χ3v) is 5.72. The summed E-state index contributed by atoms with van der Waals surface area (Å²) in [5.41, 5.74) is 1.03. The van der Waals surface area contributed by atoms with E-state index in [4.69, 9.17) is 0 Å². The number of amides is 2. The first-order valence-electron chi connectivity index (χ1n) is 10.3. The number of rotatable bonds is 6. The fourth-order valence-corrected chi connectivity index (χ4v) is 4.07. The van der Waals surface area contributed by atoms with Crippen molar-refractivity contribution in [2.75, 3.05) is 26.2 Å². The molecule has 0 saturated carbocycles. The van der Waals surface area contributed by atoms with Crippen LogP contribution >= 0.6 is 0 Å². The van der Waals surface area contributed by atoms with Crippen molar-refractivity contribution in [1.29, 1.82) is 0 Å². The fourth-order valence-electron chi connectivity index (χ4n) is 4.07. The molecule has 2 aliphatic rings. The lowest BCUT2D eigenvalue weighted by Crippen LogP contribution is -2.44. The molecule has 1 atom stereocenters. The molecule has 5 heteroatoms. The van der Waals surface area contributed by atoms with Gasteiger partial charge >= 0.3 is 0 Å². The molecule has 146 valence electrons. The van der Waals surface area contributed by atoms with Crippen LogP contribution in [0.4, 0.5) is 0 Å². The molecule has 0 N–H and O–H groups in total. The van der Waals surface area contributed by atoms with E-state index in [1.165, 1.54) is 0 Å². The molecule has 2 fully saturated rings. The Hall–Kier alpha value is -2.17. The van der Waals surface area contributed by atoms with Crippen LogP contribution in [0.2, 0.25) is 0 Å². The molecule has 1 aromatic carbocycles. The number of nitrogens with zero attached hydrogens (tertiary/aromatic N) is 2. The van der Waals surface area contributed by atoms with Gasteiger partial charge in [0.15, 0.2) is 0 Å². The Bertz CT molecular complexity index is 659. The maximum absolute atomic E-state index is 12.6. The van der Waals surface area contributed by atoms with Crippen molar-refractivity contribution in [3.8, 4) is 0 Å². The highest BCUT2D eigenvalue weighted by atomic mass is 16.2. The summed E-state index contributed by atoms with van der Waals surface area (Å²) in [7, 11) is 0. The first-order chi connectivity index (χ1) is 13.1. The molecule has 1 aromatic rings. The minimum Gasteiger partial charge on any atom is -0.342 e. The summed E-state index contributed by atoms with van der Waals surface area (Å²) in [5, 5.41) is 0. The number of likely N-dealkylation sites (tertiary alicyclic amines) is 2. The van der Waals surface area contributed by atoms with E-state index in [0.29, 0.717) is 32.4 Å². The van der Waals surface area contributed by atoms with Gasteiger partial charge in [-0.15, -0.1) is 0 Å². The van der Waals surface area contributed by atoms with Crippen LogP contribution in [0.15, 0.2) is 30.3 Å². The van der Waals surface area contributed by atoms with Gasteiger partial charge in [-0.25, -0.2) is 0 Å². The minimum atomic E-state index is -0.0669. The molecule has 0 aliphatic carbocycles. The van der Waals surface area contributed by atoms with Gasteiger partial charge in [-0.05, 0) is 31.2 Å². The first kappa shape index (κ1) is 19.6. The quantitative estimate of drug-likeness (QED) is 0.774. The second-order valence-corrected chi connectivity index (χ2v) is 7.75. The number of Topliss-reactive ketones (excluding diaryl/α,β-unsaturated/α-hetero) is 1. The topological polar surface area (TPSA) is 57.7 Å². The summed E-state index contributed by atoms with van der Waals surface area (Å²) < 4.78 is 0. The highest BCUT2D eigenvalue weighted by molar-refractivity contribution is 5.85. The van der Waals surface area contributed by atoms with E-state index < -0.39 is 0 Å². The van der Waals surface area contributed by atoms with Crippen molar-refractivity contribution in [3.05, 3.63) is 35.9 Å². The predicted octanol–water partition coefficient (Wildman–Crippen LogP) is 2.83.